The van der Waals surface area contributed by atoms with Gasteiger partial charge in [-0.3, -0.25) is 4.79 Å². The number of rotatable bonds is 6. The zero-order valence-electron chi connectivity index (χ0n) is 11.1. The fourth-order valence-corrected chi connectivity index (χ4v) is 2.58. The molecule has 0 aliphatic rings. The van der Waals surface area contributed by atoms with Crippen molar-refractivity contribution in [2.24, 2.45) is 0 Å². The molecule has 1 unspecified atom stereocenters. The first-order chi connectivity index (χ1) is 10.1. The number of nitrogens with one attached hydrogen (secondary N) is 1. The molecule has 1 atom stereocenters. The summed E-state index contributed by atoms with van der Waals surface area (Å²) < 4.78 is 0. The van der Waals surface area contributed by atoms with E-state index in [1.807, 2.05) is 12.1 Å². The molecular weight excluding hydrogens is 312 g/mol. The predicted molar refractivity (Wildman–Crippen MR) is 81.6 cm³/mol. The lowest BCUT2D eigenvalue weighted by Gasteiger charge is -2.15. The molecule has 3 N–H and O–H groups in total. The Labute approximate surface area is 131 Å². The van der Waals surface area contributed by atoms with Gasteiger partial charge in [0.2, 0.25) is 0 Å². The number of benzene rings is 1. The topological polar surface area (TPSA) is 82.5 Å². The van der Waals surface area contributed by atoms with Crippen LogP contribution in [0.15, 0.2) is 29.6 Å². The molecule has 0 saturated carbocycles. The molecule has 5 nitrogen and oxygen atoms in total. The van der Waals surface area contributed by atoms with Crippen molar-refractivity contribution in [1.29, 1.82) is 0 Å². The molecule has 2 aromatic rings. The first-order valence-electron chi connectivity index (χ1n) is 6.33. The van der Waals surface area contributed by atoms with Crippen LogP contribution in [0.1, 0.15) is 27.0 Å². The Morgan fingerprint density at radius 2 is 2.05 bits per heavy atom. The minimum Gasteiger partial charge on any atom is -0.396 e. The van der Waals surface area contributed by atoms with Gasteiger partial charge in [-0.05, 0) is 17.7 Å². The first-order valence-corrected chi connectivity index (χ1v) is 7.59. The van der Waals surface area contributed by atoms with Crippen molar-refractivity contribution in [2.45, 2.75) is 12.5 Å². The molecule has 0 aliphatic heterocycles. The lowest BCUT2D eigenvalue weighted by Crippen LogP contribution is -2.30. The van der Waals surface area contributed by atoms with E-state index >= 15 is 0 Å². The number of amides is 1. The van der Waals surface area contributed by atoms with Crippen molar-refractivity contribution < 1.29 is 15.0 Å². The van der Waals surface area contributed by atoms with Gasteiger partial charge in [0.25, 0.3) is 5.91 Å². The molecule has 112 valence electrons. The lowest BCUT2D eigenvalue weighted by molar-refractivity contribution is 0.0943. The summed E-state index contributed by atoms with van der Waals surface area (Å²) in [6, 6.07) is 7.13. The Bertz CT molecular complexity index is 601. The highest BCUT2D eigenvalue weighted by atomic mass is 35.5. The monoisotopic (exact) mass is 326 g/mol. The zero-order valence-corrected chi connectivity index (χ0v) is 12.7. The van der Waals surface area contributed by atoms with Crippen LogP contribution in [0.5, 0.6) is 0 Å². The average molecular weight is 327 g/mol. The van der Waals surface area contributed by atoms with Crippen LogP contribution in [-0.2, 0) is 6.61 Å². The van der Waals surface area contributed by atoms with Crippen molar-refractivity contribution >= 4 is 28.8 Å². The van der Waals surface area contributed by atoms with E-state index in [1.54, 1.807) is 17.5 Å². The van der Waals surface area contributed by atoms with Gasteiger partial charge in [-0.15, -0.1) is 11.3 Å². The van der Waals surface area contributed by atoms with E-state index in [0.29, 0.717) is 16.6 Å². The Hall–Kier alpha value is -1.47. The second kappa shape index (κ2) is 7.51. The van der Waals surface area contributed by atoms with E-state index in [0.717, 1.165) is 5.56 Å². The Morgan fingerprint density at radius 3 is 2.62 bits per heavy atom. The molecule has 0 aliphatic carbocycles. The molecule has 21 heavy (non-hydrogen) atoms. The first kappa shape index (κ1) is 15.9. The number of aliphatic hydroxyl groups excluding tert-OH is 2. The molecule has 0 spiro atoms. The number of hydrogen-bond donors (Lipinski definition) is 3. The number of carbonyl (C=O) groups is 1. The Morgan fingerprint density at radius 1 is 1.33 bits per heavy atom. The third-order valence-electron chi connectivity index (χ3n) is 2.99. The molecule has 2 rings (SSSR count). The summed E-state index contributed by atoms with van der Waals surface area (Å²) in [4.78, 5) is 15.9. The van der Waals surface area contributed by atoms with Crippen LogP contribution >= 0.6 is 22.9 Å². The smallest absolute Gasteiger partial charge is 0.270 e. The highest BCUT2D eigenvalue weighted by molar-refractivity contribution is 7.09. The van der Waals surface area contributed by atoms with Gasteiger partial charge in [-0.1, -0.05) is 23.7 Å². The second-order valence-corrected chi connectivity index (χ2v) is 5.80. The molecular formula is C14H15ClN2O3S. The van der Waals surface area contributed by atoms with E-state index in [9.17, 15) is 9.90 Å². The third kappa shape index (κ3) is 4.25. The summed E-state index contributed by atoms with van der Waals surface area (Å²) in [6.45, 7) is 0.0335. The van der Waals surface area contributed by atoms with Gasteiger partial charge in [0.15, 0.2) is 0 Å². The number of aromatic nitrogens is 1. The largest absolute Gasteiger partial charge is 0.396 e. The summed E-state index contributed by atoms with van der Waals surface area (Å²) in [5.74, 6) is -0.527. The van der Waals surface area contributed by atoms with Crippen molar-refractivity contribution in [3.8, 4) is 0 Å². The maximum absolute atomic E-state index is 11.9. The maximum Gasteiger partial charge on any atom is 0.270 e. The van der Waals surface area contributed by atoms with Crippen molar-refractivity contribution in [3.63, 3.8) is 0 Å². The molecule has 1 heterocycles. The average Bonchev–Trinajstić information content (AvgIpc) is 2.98. The quantitative estimate of drug-likeness (QED) is 0.756. The predicted octanol–water partition coefficient (Wildman–Crippen LogP) is 1.79. The third-order valence-corrected chi connectivity index (χ3v) is 4.08. The zero-order chi connectivity index (χ0) is 15.2. The fraction of sp³-hybridized carbons (Fsp3) is 0.286. The summed E-state index contributed by atoms with van der Waals surface area (Å²) in [5, 5.41) is 23.8. The van der Waals surface area contributed by atoms with Gasteiger partial charge in [-0.2, -0.15) is 0 Å². The van der Waals surface area contributed by atoms with Crippen molar-refractivity contribution in [3.05, 3.63) is 50.9 Å². The van der Waals surface area contributed by atoms with Gasteiger partial charge in [-0.25, -0.2) is 4.98 Å². The van der Waals surface area contributed by atoms with Crippen LogP contribution < -0.4 is 5.32 Å². The molecule has 7 heteroatoms. The molecule has 1 amide bonds. The van der Waals surface area contributed by atoms with Gasteiger partial charge < -0.3 is 15.5 Å². The van der Waals surface area contributed by atoms with Crippen LogP contribution in [0.4, 0.5) is 0 Å². The number of nitrogens with zero attached hydrogens (tertiary/aromatic N) is 1. The number of halogens is 1. The molecule has 0 fully saturated rings. The fourth-order valence-electron chi connectivity index (χ4n) is 1.82. The van der Waals surface area contributed by atoms with Crippen LogP contribution in [0, 0.1) is 0 Å². The van der Waals surface area contributed by atoms with E-state index < -0.39 is 0 Å². The van der Waals surface area contributed by atoms with Crippen LogP contribution in [0.2, 0.25) is 5.02 Å². The molecule has 0 bridgehead atoms. The van der Waals surface area contributed by atoms with Crippen LogP contribution in [0.3, 0.4) is 0 Å². The summed E-state index contributed by atoms with van der Waals surface area (Å²) >= 11 is 7.05. The van der Waals surface area contributed by atoms with E-state index in [1.165, 1.54) is 11.3 Å². The standard InChI is InChI=1S/C14H15ClN2O3S/c15-11-3-1-9(2-4-11)10(6-18)5-16-14(20)12-8-21-13(7-19)17-12/h1-4,8,10,18-19H,5-7H2,(H,16,20). The second-order valence-electron chi connectivity index (χ2n) is 4.43. The normalized spacial score (nSPS) is 12.1. The lowest BCUT2D eigenvalue weighted by atomic mass is 10.00. The van der Waals surface area contributed by atoms with Crippen LogP contribution in [-0.4, -0.2) is 34.3 Å². The number of carbonyl (C=O) groups excluding carboxylic acids is 1. The molecule has 0 saturated heterocycles. The molecule has 0 radical (unpaired) electrons. The van der Waals surface area contributed by atoms with E-state index in [4.69, 9.17) is 16.7 Å². The molecule has 1 aromatic heterocycles. The number of aliphatic hydroxyl groups is 2. The van der Waals surface area contributed by atoms with E-state index in [2.05, 4.69) is 10.3 Å². The van der Waals surface area contributed by atoms with Crippen molar-refractivity contribution in [2.75, 3.05) is 13.2 Å². The SMILES string of the molecule is O=C(NCC(CO)c1ccc(Cl)cc1)c1csc(CO)n1. The van der Waals surface area contributed by atoms with Gasteiger partial charge in [0.05, 0.1) is 13.2 Å². The van der Waals surface area contributed by atoms with Crippen molar-refractivity contribution in [1.82, 2.24) is 10.3 Å². The van der Waals surface area contributed by atoms with Crippen LogP contribution in [0.25, 0.3) is 0 Å². The summed E-state index contributed by atoms with van der Waals surface area (Å²) in [6.07, 6.45) is 0. The van der Waals surface area contributed by atoms with E-state index in [-0.39, 0.29) is 30.7 Å². The molecule has 1 aromatic carbocycles. The Balaban J connectivity index is 1.96. The van der Waals surface area contributed by atoms with Gasteiger partial charge >= 0.3 is 0 Å². The van der Waals surface area contributed by atoms with Gasteiger partial charge in [0.1, 0.15) is 10.7 Å². The minimum atomic E-state index is -0.321. The number of hydrogen-bond acceptors (Lipinski definition) is 5. The number of thiazole rings is 1. The minimum absolute atomic E-state index is 0.0825. The summed E-state index contributed by atoms with van der Waals surface area (Å²) in [5.41, 5.74) is 1.17. The highest BCUT2D eigenvalue weighted by Crippen LogP contribution is 2.18. The van der Waals surface area contributed by atoms with Gasteiger partial charge in [0, 0.05) is 22.9 Å². The Kier molecular flexibility index (Phi) is 5.69. The summed E-state index contributed by atoms with van der Waals surface area (Å²) in [7, 11) is 0. The maximum atomic E-state index is 11.9. The highest BCUT2D eigenvalue weighted by Gasteiger charge is 2.15.